The van der Waals surface area contributed by atoms with Crippen LogP contribution in [0.1, 0.15) is 5.56 Å². The number of anilines is 1. The normalized spacial score (nSPS) is 19.7. The lowest BCUT2D eigenvalue weighted by Crippen LogP contribution is -2.19. The van der Waals surface area contributed by atoms with Crippen LogP contribution in [0.3, 0.4) is 0 Å². The first-order valence-electron chi connectivity index (χ1n) is 4.38. The summed E-state index contributed by atoms with van der Waals surface area (Å²) in [5.41, 5.74) is 2.50. The summed E-state index contributed by atoms with van der Waals surface area (Å²) >= 11 is 1.75. The largest absolute Gasteiger partial charge is 0.394 e. The number of aliphatic hydroxyl groups is 1. The number of rotatable bonds is 2. The minimum Gasteiger partial charge on any atom is -0.394 e. The molecule has 0 spiro atoms. The highest BCUT2D eigenvalue weighted by Crippen LogP contribution is 2.29. The molecule has 0 unspecified atom stereocenters. The van der Waals surface area contributed by atoms with Crippen molar-refractivity contribution < 1.29 is 5.11 Å². The third-order valence-corrected chi connectivity index (χ3v) is 3.08. The van der Waals surface area contributed by atoms with E-state index in [-0.39, 0.29) is 12.6 Å². The minimum absolute atomic E-state index is 0.212. The van der Waals surface area contributed by atoms with Gasteiger partial charge in [0.25, 0.3) is 0 Å². The third-order valence-electron chi connectivity index (χ3n) is 2.36. The Balaban J connectivity index is 2.25. The van der Waals surface area contributed by atoms with Gasteiger partial charge in [-0.15, -0.1) is 11.8 Å². The number of aliphatic hydroxyl groups excluding tert-OH is 1. The molecule has 2 nitrogen and oxygen atoms in total. The average Bonchev–Trinajstić information content (AvgIpc) is 2.58. The second-order valence-electron chi connectivity index (χ2n) is 3.25. The molecule has 1 aromatic rings. The van der Waals surface area contributed by atoms with Crippen molar-refractivity contribution in [2.45, 2.75) is 17.4 Å². The lowest BCUT2D eigenvalue weighted by molar-refractivity contribution is 0.277. The summed E-state index contributed by atoms with van der Waals surface area (Å²) in [5.74, 6) is 0. The van der Waals surface area contributed by atoms with Gasteiger partial charge in [-0.25, -0.2) is 0 Å². The van der Waals surface area contributed by atoms with Crippen molar-refractivity contribution in [3.8, 4) is 0 Å². The van der Waals surface area contributed by atoms with Crippen molar-refractivity contribution in [3.63, 3.8) is 0 Å². The number of benzene rings is 1. The second-order valence-corrected chi connectivity index (χ2v) is 4.13. The number of thioether (sulfide) groups is 1. The van der Waals surface area contributed by atoms with E-state index < -0.39 is 0 Å². The molecule has 0 saturated carbocycles. The number of nitrogens with one attached hydrogen (secondary N) is 1. The van der Waals surface area contributed by atoms with Crippen molar-refractivity contribution in [1.29, 1.82) is 0 Å². The Bertz CT molecular complexity index is 314. The maximum absolute atomic E-state index is 9.00. The van der Waals surface area contributed by atoms with E-state index >= 15 is 0 Å². The minimum atomic E-state index is 0.212. The highest BCUT2D eigenvalue weighted by molar-refractivity contribution is 7.98. The molecule has 1 aliphatic rings. The number of hydrogen-bond donors (Lipinski definition) is 2. The van der Waals surface area contributed by atoms with Gasteiger partial charge in [0.1, 0.15) is 0 Å². The summed E-state index contributed by atoms with van der Waals surface area (Å²) in [6.45, 7) is 0.212. The highest BCUT2D eigenvalue weighted by Gasteiger charge is 2.19. The van der Waals surface area contributed by atoms with E-state index in [2.05, 4.69) is 29.8 Å². The van der Waals surface area contributed by atoms with Crippen LogP contribution in [0.25, 0.3) is 0 Å². The molecule has 3 heteroatoms. The van der Waals surface area contributed by atoms with E-state index in [1.807, 2.05) is 0 Å². The Labute approximate surface area is 82.4 Å². The van der Waals surface area contributed by atoms with Crippen LogP contribution in [0.2, 0.25) is 0 Å². The molecule has 0 fully saturated rings. The van der Waals surface area contributed by atoms with Crippen LogP contribution in [0, 0.1) is 0 Å². The van der Waals surface area contributed by atoms with Gasteiger partial charge in [-0.3, -0.25) is 0 Å². The molecule has 1 aromatic carbocycles. The fraction of sp³-hybridized carbons (Fsp3) is 0.400. The molecular weight excluding hydrogens is 182 g/mol. The van der Waals surface area contributed by atoms with Gasteiger partial charge in [0.05, 0.1) is 12.6 Å². The molecule has 1 atom stereocenters. The van der Waals surface area contributed by atoms with Crippen molar-refractivity contribution in [2.75, 3.05) is 18.2 Å². The van der Waals surface area contributed by atoms with Crippen molar-refractivity contribution in [1.82, 2.24) is 0 Å². The average molecular weight is 195 g/mol. The van der Waals surface area contributed by atoms with E-state index in [0.29, 0.717) is 0 Å². The molecule has 0 aromatic heterocycles. The van der Waals surface area contributed by atoms with Gasteiger partial charge in [0.15, 0.2) is 0 Å². The van der Waals surface area contributed by atoms with Gasteiger partial charge in [0.2, 0.25) is 0 Å². The van der Waals surface area contributed by atoms with Crippen LogP contribution in [0.15, 0.2) is 23.1 Å². The van der Waals surface area contributed by atoms with E-state index in [0.717, 1.165) is 6.42 Å². The Kier molecular flexibility index (Phi) is 2.47. The Morgan fingerprint density at radius 2 is 2.46 bits per heavy atom. The molecule has 1 aliphatic heterocycles. The zero-order chi connectivity index (χ0) is 9.26. The Morgan fingerprint density at radius 1 is 1.62 bits per heavy atom. The van der Waals surface area contributed by atoms with E-state index in [4.69, 9.17) is 5.11 Å². The molecule has 0 bridgehead atoms. The summed E-state index contributed by atoms with van der Waals surface area (Å²) in [6, 6.07) is 6.61. The van der Waals surface area contributed by atoms with Crippen molar-refractivity contribution >= 4 is 17.4 Å². The smallest absolute Gasteiger partial charge is 0.0636 e. The maximum atomic E-state index is 9.00. The molecule has 0 amide bonds. The van der Waals surface area contributed by atoms with Gasteiger partial charge < -0.3 is 10.4 Å². The summed E-state index contributed by atoms with van der Waals surface area (Å²) < 4.78 is 0. The molecule has 2 rings (SSSR count). The lowest BCUT2D eigenvalue weighted by Gasteiger charge is -2.05. The van der Waals surface area contributed by atoms with E-state index in [1.54, 1.807) is 11.8 Å². The highest BCUT2D eigenvalue weighted by atomic mass is 32.2. The maximum Gasteiger partial charge on any atom is 0.0636 e. The summed E-state index contributed by atoms with van der Waals surface area (Å²) in [6.07, 6.45) is 3.02. The molecule has 70 valence electrons. The van der Waals surface area contributed by atoms with Crippen LogP contribution in [0.4, 0.5) is 5.69 Å². The van der Waals surface area contributed by atoms with Crippen LogP contribution >= 0.6 is 11.8 Å². The molecule has 1 heterocycles. The molecule has 0 aliphatic carbocycles. The molecule has 13 heavy (non-hydrogen) atoms. The van der Waals surface area contributed by atoms with Crippen LogP contribution in [-0.4, -0.2) is 24.0 Å². The topological polar surface area (TPSA) is 32.3 Å². The lowest BCUT2D eigenvalue weighted by atomic mass is 10.1. The fourth-order valence-corrected chi connectivity index (χ4v) is 2.12. The number of fused-ring (bicyclic) bond motifs is 1. The van der Waals surface area contributed by atoms with E-state index in [9.17, 15) is 0 Å². The SMILES string of the molecule is CSc1ccc2c(c1)C[C@H](CO)N2. The first-order chi connectivity index (χ1) is 6.33. The van der Waals surface area contributed by atoms with Crippen molar-refractivity contribution in [3.05, 3.63) is 23.8 Å². The zero-order valence-electron chi connectivity index (χ0n) is 7.58. The van der Waals surface area contributed by atoms with E-state index in [1.165, 1.54) is 16.1 Å². The predicted octanol–water partition coefficient (Wildman–Crippen LogP) is 1.74. The van der Waals surface area contributed by atoms with Crippen LogP contribution < -0.4 is 5.32 Å². The van der Waals surface area contributed by atoms with Crippen molar-refractivity contribution in [2.24, 2.45) is 0 Å². The van der Waals surface area contributed by atoms with Crippen LogP contribution in [0.5, 0.6) is 0 Å². The molecule has 2 N–H and O–H groups in total. The van der Waals surface area contributed by atoms with Crippen LogP contribution in [-0.2, 0) is 6.42 Å². The molecule has 0 radical (unpaired) electrons. The standard InChI is InChI=1S/C10H13NOS/c1-13-9-2-3-10-7(5-9)4-8(6-12)11-10/h2-3,5,8,11-12H,4,6H2,1H3/t8-/m1/s1. The van der Waals surface area contributed by atoms with Gasteiger partial charge in [-0.1, -0.05) is 0 Å². The predicted molar refractivity (Wildman–Crippen MR) is 56.4 cm³/mol. The monoisotopic (exact) mass is 195 g/mol. The Morgan fingerprint density at radius 3 is 3.15 bits per heavy atom. The second kappa shape index (κ2) is 3.60. The van der Waals surface area contributed by atoms with Gasteiger partial charge >= 0.3 is 0 Å². The third kappa shape index (κ3) is 1.67. The molecule has 0 saturated heterocycles. The first-order valence-corrected chi connectivity index (χ1v) is 5.60. The fourth-order valence-electron chi connectivity index (χ4n) is 1.65. The van der Waals surface area contributed by atoms with Gasteiger partial charge in [-0.2, -0.15) is 0 Å². The number of hydrogen-bond acceptors (Lipinski definition) is 3. The summed E-state index contributed by atoms with van der Waals surface area (Å²) in [7, 11) is 0. The summed E-state index contributed by atoms with van der Waals surface area (Å²) in [4.78, 5) is 1.29. The molecular formula is C10H13NOS. The zero-order valence-corrected chi connectivity index (χ0v) is 8.40. The van der Waals surface area contributed by atoms with Gasteiger partial charge in [0, 0.05) is 10.6 Å². The quantitative estimate of drug-likeness (QED) is 0.705. The first kappa shape index (κ1) is 8.91. The Hall–Kier alpha value is -0.670. The van der Waals surface area contributed by atoms with Gasteiger partial charge in [-0.05, 0) is 36.4 Å². The summed E-state index contributed by atoms with van der Waals surface area (Å²) in [5, 5.41) is 12.3.